The van der Waals surface area contributed by atoms with Gasteiger partial charge in [-0.3, -0.25) is 10.1 Å². The first-order chi connectivity index (χ1) is 9.58. The van der Waals surface area contributed by atoms with Gasteiger partial charge in [0.2, 0.25) is 0 Å². The summed E-state index contributed by atoms with van der Waals surface area (Å²) < 4.78 is 0. The van der Waals surface area contributed by atoms with Gasteiger partial charge in [-0.1, -0.05) is 30.3 Å². The lowest BCUT2D eigenvalue weighted by molar-refractivity contribution is -0.142. The molecule has 2 aromatic carbocycles. The van der Waals surface area contributed by atoms with E-state index in [0.717, 1.165) is 16.5 Å². The molecule has 2 rings (SSSR count). The number of fused-ring (bicyclic) bond motifs is 1. The van der Waals surface area contributed by atoms with Crippen molar-refractivity contribution in [2.75, 3.05) is 12.0 Å². The Hall–Kier alpha value is -2.11. The highest BCUT2D eigenvalue weighted by Gasteiger charge is 2.21. The van der Waals surface area contributed by atoms with E-state index in [1.54, 1.807) is 0 Å². The summed E-state index contributed by atoms with van der Waals surface area (Å²) in [5, 5.41) is 26.4. The third kappa shape index (κ3) is 3.46. The van der Waals surface area contributed by atoms with Crippen molar-refractivity contribution in [3.63, 3.8) is 0 Å². The summed E-state index contributed by atoms with van der Waals surface area (Å²) in [6, 6.07) is 12.9. The third-order valence-corrected chi connectivity index (χ3v) is 3.11. The molecule has 2 aromatic rings. The van der Waals surface area contributed by atoms with Crippen LogP contribution in [-0.4, -0.2) is 35.0 Å². The van der Waals surface area contributed by atoms with E-state index in [0.29, 0.717) is 0 Å². The topological polar surface area (TPSA) is 81.6 Å². The van der Waals surface area contributed by atoms with Crippen molar-refractivity contribution in [1.29, 1.82) is 0 Å². The molecule has 106 valence electrons. The first kappa shape index (κ1) is 14.3. The SMILES string of the molecule is C[C@@H](O)[C@H](NCNc1ccc2ccccc2c1)C(=O)O. The predicted molar refractivity (Wildman–Crippen MR) is 78.7 cm³/mol. The lowest BCUT2D eigenvalue weighted by Crippen LogP contribution is -2.46. The number of carboxylic acids is 1. The standard InChI is InChI=1S/C15H18N2O3/c1-10(18)14(15(19)20)17-9-16-13-7-6-11-4-2-3-5-12(11)8-13/h2-8,10,14,16-18H,9H2,1H3,(H,19,20)/t10-,14+/m1/s1. The number of benzene rings is 2. The number of carbonyl (C=O) groups is 1. The van der Waals surface area contributed by atoms with Crippen LogP contribution in [0.3, 0.4) is 0 Å². The van der Waals surface area contributed by atoms with Crippen LogP contribution in [0.15, 0.2) is 42.5 Å². The fourth-order valence-corrected chi connectivity index (χ4v) is 2.03. The smallest absolute Gasteiger partial charge is 0.323 e. The fourth-order valence-electron chi connectivity index (χ4n) is 2.03. The van der Waals surface area contributed by atoms with Gasteiger partial charge in [0.15, 0.2) is 0 Å². The lowest BCUT2D eigenvalue weighted by Gasteiger charge is -2.18. The monoisotopic (exact) mass is 274 g/mol. The van der Waals surface area contributed by atoms with Crippen molar-refractivity contribution in [3.8, 4) is 0 Å². The van der Waals surface area contributed by atoms with E-state index < -0.39 is 18.1 Å². The van der Waals surface area contributed by atoms with Gasteiger partial charge in [-0.15, -0.1) is 0 Å². The van der Waals surface area contributed by atoms with Crippen LogP contribution in [0.5, 0.6) is 0 Å². The minimum absolute atomic E-state index is 0.264. The summed E-state index contributed by atoms with van der Waals surface area (Å²) in [6.07, 6.45) is -0.953. The van der Waals surface area contributed by atoms with Crippen molar-refractivity contribution in [3.05, 3.63) is 42.5 Å². The molecule has 0 aliphatic heterocycles. The number of hydrogen-bond acceptors (Lipinski definition) is 4. The molecule has 0 spiro atoms. The number of rotatable bonds is 6. The molecule has 5 heteroatoms. The molecule has 2 atom stereocenters. The quantitative estimate of drug-likeness (QED) is 0.602. The molecule has 0 heterocycles. The maximum atomic E-state index is 10.9. The fraction of sp³-hybridized carbons (Fsp3) is 0.267. The van der Waals surface area contributed by atoms with Crippen LogP contribution in [0, 0.1) is 0 Å². The average Bonchev–Trinajstić information content (AvgIpc) is 2.42. The van der Waals surface area contributed by atoms with Gasteiger partial charge < -0.3 is 15.5 Å². The molecule has 0 saturated heterocycles. The van der Waals surface area contributed by atoms with Gasteiger partial charge >= 0.3 is 5.97 Å². The molecule has 0 amide bonds. The van der Waals surface area contributed by atoms with Crippen molar-refractivity contribution < 1.29 is 15.0 Å². The zero-order chi connectivity index (χ0) is 14.5. The van der Waals surface area contributed by atoms with Crippen LogP contribution < -0.4 is 10.6 Å². The number of nitrogens with one attached hydrogen (secondary N) is 2. The maximum Gasteiger partial charge on any atom is 0.323 e. The Morgan fingerprint density at radius 3 is 2.55 bits per heavy atom. The summed E-state index contributed by atoms with van der Waals surface area (Å²) in [5.41, 5.74) is 0.894. The van der Waals surface area contributed by atoms with E-state index >= 15 is 0 Å². The Bertz CT molecular complexity index is 598. The molecule has 0 saturated carbocycles. The Morgan fingerprint density at radius 1 is 1.20 bits per heavy atom. The van der Waals surface area contributed by atoms with E-state index in [1.807, 2.05) is 42.5 Å². The minimum atomic E-state index is -1.07. The van der Waals surface area contributed by atoms with Crippen LogP contribution in [0.1, 0.15) is 6.92 Å². The second kappa shape index (κ2) is 6.36. The highest BCUT2D eigenvalue weighted by Crippen LogP contribution is 2.18. The first-order valence-electron chi connectivity index (χ1n) is 6.45. The summed E-state index contributed by atoms with van der Waals surface area (Å²) in [7, 11) is 0. The number of carboxylic acid groups (broad SMARTS) is 1. The Labute approximate surface area is 117 Å². The normalized spacial score (nSPS) is 13.9. The molecule has 0 aliphatic rings. The average molecular weight is 274 g/mol. The summed E-state index contributed by atoms with van der Waals surface area (Å²) >= 11 is 0. The molecule has 0 aliphatic carbocycles. The molecule has 0 bridgehead atoms. The van der Waals surface area contributed by atoms with Crippen molar-refractivity contribution >= 4 is 22.4 Å². The Morgan fingerprint density at radius 2 is 1.90 bits per heavy atom. The van der Waals surface area contributed by atoms with Gasteiger partial charge in [0, 0.05) is 5.69 Å². The first-order valence-corrected chi connectivity index (χ1v) is 6.45. The molecule has 0 unspecified atom stereocenters. The van der Waals surface area contributed by atoms with Crippen molar-refractivity contribution in [2.24, 2.45) is 0 Å². The number of aliphatic carboxylic acids is 1. The zero-order valence-corrected chi connectivity index (χ0v) is 11.2. The highest BCUT2D eigenvalue weighted by molar-refractivity contribution is 5.85. The summed E-state index contributed by atoms with van der Waals surface area (Å²) in [4.78, 5) is 10.9. The summed E-state index contributed by atoms with van der Waals surface area (Å²) in [6.45, 7) is 1.71. The van der Waals surface area contributed by atoms with Crippen LogP contribution in [0.25, 0.3) is 10.8 Å². The summed E-state index contributed by atoms with van der Waals surface area (Å²) in [5.74, 6) is -1.07. The number of aliphatic hydroxyl groups excluding tert-OH is 1. The largest absolute Gasteiger partial charge is 0.480 e. The van der Waals surface area contributed by atoms with Gasteiger partial charge in [-0.05, 0) is 29.8 Å². The van der Waals surface area contributed by atoms with Gasteiger partial charge in [-0.2, -0.15) is 0 Å². The predicted octanol–water partition coefficient (Wildman–Crippen LogP) is 1.63. The highest BCUT2D eigenvalue weighted by atomic mass is 16.4. The third-order valence-electron chi connectivity index (χ3n) is 3.11. The Balaban J connectivity index is 1.97. The lowest BCUT2D eigenvalue weighted by atomic mass is 10.1. The second-order valence-electron chi connectivity index (χ2n) is 4.68. The van der Waals surface area contributed by atoms with Gasteiger partial charge in [0.1, 0.15) is 6.04 Å². The molecular formula is C15H18N2O3. The molecule has 0 radical (unpaired) electrons. The van der Waals surface area contributed by atoms with Gasteiger partial charge in [0.25, 0.3) is 0 Å². The number of hydrogen-bond donors (Lipinski definition) is 4. The van der Waals surface area contributed by atoms with Crippen molar-refractivity contribution in [1.82, 2.24) is 5.32 Å². The van der Waals surface area contributed by atoms with Crippen LogP contribution in [0.2, 0.25) is 0 Å². The van der Waals surface area contributed by atoms with E-state index in [4.69, 9.17) is 5.11 Å². The molecule has 0 aromatic heterocycles. The molecular weight excluding hydrogens is 256 g/mol. The minimum Gasteiger partial charge on any atom is -0.480 e. The van der Waals surface area contributed by atoms with Crippen molar-refractivity contribution in [2.45, 2.75) is 19.1 Å². The molecule has 0 fully saturated rings. The number of anilines is 1. The second-order valence-corrected chi connectivity index (χ2v) is 4.68. The van der Waals surface area contributed by atoms with Crippen LogP contribution >= 0.6 is 0 Å². The maximum absolute atomic E-state index is 10.9. The van der Waals surface area contributed by atoms with E-state index in [1.165, 1.54) is 6.92 Å². The van der Waals surface area contributed by atoms with Gasteiger partial charge in [0.05, 0.1) is 12.8 Å². The zero-order valence-electron chi connectivity index (χ0n) is 11.2. The van der Waals surface area contributed by atoms with E-state index in [9.17, 15) is 9.90 Å². The molecule has 20 heavy (non-hydrogen) atoms. The Kier molecular flexibility index (Phi) is 4.55. The molecule has 5 nitrogen and oxygen atoms in total. The van der Waals surface area contributed by atoms with Crippen LogP contribution in [-0.2, 0) is 4.79 Å². The molecule has 4 N–H and O–H groups in total. The van der Waals surface area contributed by atoms with Gasteiger partial charge in [-0.25, -0.2) is 0 Å². The van der Waals surface area contributed by atoms with E-state index in [-0.39, 0.29) is 6.67 Å². The van der Waals surface area contributed by atoms with Crippen LogP contribution in [0.4, 0.5) is 5.69 Å². The number of aliphatic hydroxyl groups is 1. The van der Waals surface area contributed by atoms with E-state index in [2.05, 4.69) is 10.6 Å².